The summed E-state index contributed by atoms with van der Waals surface area (Å²) in [6.45, 7) is 5.44. The minimum Gasteiger partial charge on any atom is -0.353 e. The number of sulfonamides is 1. The lowest BCUT2D eigenvalue weighted by Gasteiger charge is -2.16. The summed E-state index contributed by atoms with van der Waals surface area (Å²) in [5, 5.41) is 2.84. The summed E-state index contributed by atoms with van der Waals surface area (Å²) in [4.78, 5) is 11.7. The molecule has 1 saturated heterocycles. The van der Waals surface area contributed by atoms with Crippen LogP contribution in [-0.4, -0.2) is 33.2 Å². The third kappa shape index (κ3) is 5.10. The van der Waals surface area contributed by atoms with Crippen molar-refractivity contribution in [1.82, 2.24) is 5.32 Å². The van der Waals surface area contributed by atoms with Gasteiger partial charge in [0.25, 0.3) is 0 Å². The molecule has 1 heterocycles. The van der Waals surface area contributed by atoms with Crippen molar-refractivity contribution in [3.63, 3.8) is 0 Å². The molecule has 0 aromatic heterocycles. The number of nitrogens with one attached hydrogen (secondary N) is 1. The van der Waals surface area contributed by atoms with Gasteiger partial charge >= 0.3 is 0 Å². The number of hydrogen-bond donors (Lipinski definition) is 1. The van der Waals surface area contributed by atoms with Crippen LogP contribution in [0.4, 0.5) is 5.69 Å². The van der Waals surface area contributed by atoms with Gasteiger partial charge in [0.2, 0.25) is 15.9 Å². The first-order valence-corrected chi connectivity index (χ1v) is 9.56. The van der Waals surface area contributed by atoms with Crippen LogP contribution >= 0.6 is 0 Å². The van der Waals surface area contributed by atoms with Gasteiger partial charge in [0.05, 0.1) is 11.4 Å². The van der Waals surface area contributed by atoms with Crippen LogP contribution in [0.3, 0.4) is 0 Å². The molecule has 126 valence electrons. The number of benzene rings is 1. The normalized spacial score (nSPS) is 17.1. The van der Waals surface area contributed by atoms with Crippen molar-refractivity contribution in [2.45, 2.75) is 26.7 Å². The second-order valence-corrected chi connectivity index (χ2v) is 8.15. The quantitative estimate of drug-likeness (QED) is 0.811. The molecule has 5 nitrogen and oxygen atoms in total. The molecule has 0 atom stereocenters. The Bertz CT molecular complexity index is 664. The highest BCUT2D eigenvalue weighted by Crippen LogP contribution is 2.24. The summed E-state index contributed by atoms with van der Waals surface area (Å²) < 4.78 is 25.2. The van der Waals surface area contributed by atoms with E-state index in [1.165, 1.54) is 10.4 Å². The van der Waals surface area contributed by atoms with E-state index in [1.807, 2.05) is 12.1 Å². The average molecular weight is 336 g/mol. The Hall–Kier alpha value is -1.82. The fourth-order valence-electron chi connectivity index (χ4n) is 2.40. The molecule has 6 heteroatoms. The predicted octanol–water partition coefficient (Wildman–Crippen LogP) is 2.40. The number of carbonyl (C=O) groups is 1. The zero-order valence-electron chi connectivity index (χ0n) is 13.7. The molecule has 23 heavy (non-hydrogen) atoms. The van der Waals surface area contributed by atoms with E-state index >= 15 is 0 Å². The topological polar surface area (TPSA) is 66.5 Å². The van der Waals surface area contributed by atoms with Crippen molar-refractivity contribution in [3.8, 4) is 0 Å². The highest BCUT2D eigenvalue weighted by molar-refractivity contribution is 7.93. The Kier molecular flexibility index (Phi) is 5.82. The standard InChI is InChI=1S/C17H24N2O3S/c1-14(2)10-11-18-17(20)9-6-15-4-7-16(8-5-15)19-12-3-13-23(19,21)22/h4-9,14H,3,10-13H2,1-2H3,(H,18,20)/b9-6+. The molecular formula is C17H24N2O3S. The first kappa shape index (κ1) is 17.5. The molecule has 1 N–H and O–H groups in total. The first-order chi connectivity index (χ1) is 10.9. The summed E-state index contributed by atoms with van der Waals surface area (Å²) in [5.74, 6) is 0.663. The maximum atomic E-state index is 11.9. The van der Waals surface area contributed by atoms with Crippen molar-refractivity contribution in [2.24, 2.45) is 5.92 Å². The summed E-state index contributed by atoms with van der Waals surface area (Å²) >= 11 is 0. The second-order valence-electron chi connectivity index (χ2n) is 6.14. The van der Waals surface area contributed by atoms with Crippen LogP contribution in [0.25, 0.3) is 6.08 Å². The minimum absolute atomic E-state index is 0.114. The van der Waals surface area contributed by atoms with Crippen LogP contribution in [0.5, 0.6) is 0 Å². The second kappa shape index (κ2) is 7.64. The third-order valence-electron chi connectivity index (χ3n) is 3.73. The van der Waals surface area contributed by atoms with Crippen molar-refractivity contribution in [1.29, 1.82) is 0 Å². The zero-order chi connectivity index (χ0) is 16.9. The maximum Gasteiger partial charge on any atom is 0.243 e. The Morgan fingerprint density at radius 2 is 2.00 bits per heavy atom. The van der Waals surface area contributed by atoms with Gasteiger partial charge in [-0.25, -0.2) is 8.42 Å². The van der Waals surface area contributed by atoms with Crippen molar-refractivity contribution < 1.29 is 13.2 Å². The Morgan fingerprint density at radius 3 is 2.57 bits per heavy atom. The molecule has 0 saturated carbocycles. The molecule has 1 amide bonds. The van der Waals surface area contributed by atoms with Gasteiger partial charge in [0.15, 0.2) is 0 Å². The van der Waals surface area contributed by atoms with Crippen molar-refractivity contribution in [3.05, 3.63) is 35.9 Å². The van der Waals surface area contributed by atoms with Gasteiger partial charge < -0.3 is 5.32 Å². The molecular weight excluding hydrogens is 312 g/mol. The van der Waals surface area contributed by atoms with Gasteiger partial charge in [-0.15, -0.1) is 0 Å². The average Bonchev–Trinajstić information content (AvgIpc) is 2.85. The largest absolute Gasteiger partial charge is 0.353 e. The maximum absolute atomic E-state index is 11.9. The lowest BCUT2D eigenvalue weighted by molar-refractivity contribution is -0.116. The molecule has 0 bridgehead atoms. The smallest absolute Gasteiger partial charge is 0.243 e. The Balaban J connectivity index is 1.92. The van der Waals surface area contributed by atoms with Crippen LogP contribution in [0, 0.1) is 5.92 Å². The zero-order valence-corrected chi connectivity index (χ0v) is 14.5. The molecule has 0 aliphatic carbocycles. The van der Waals surface area contributed by atoms with Crippen LogP contribution in [0.15, 0.2) is 30.3 Å². The minimum atomic E-state index is -3.14. The monoisotopic (exact) mass is 336 g/mol. The van der Waals surface area contributed by atoms with Gasteiger partial charge in [-0.3, -0.25) is 9.10 Å². The van der Waals surface area contributed by atoms with Gasteiger partial charge in [0, 0.05) is 19.2 Å². The summed E-state index contributed by atoms with van der Waals surface area (Å²) in [6.07, 6.45) is 4.86. The SMILES string of the molecule is CC(C)CCNC(=O)/C=C/c1ccc(N2CCCS2(=O)=O)cc1. The fraction of sp³-hybridized carbons (Fsp3) is 0.471. The van der Waals surface area contributed by atoms with Crippen molar-refractivity contribution >= 4 is 27.7 Å². The van der Waals surface area contributed by atoms with E-state index in [0.717, 1.165) is 12.0 Å². The first-order valence-electron chi connectivity index (χ1n) is 7.95. The van der Waals surface area contributed by atoms with E-state index in [2.05, 4.69) is 19.2 Å². The molecule has 0 radical (unpaired) electrons. The molecule has 1 aliphatic heterocycles. The molecule has 1 aromatic carbocycles. The van der Waals surface area contributed by atoms with E-state index in [4.69, 9.17) is 0 Å². The summed E-state index contributed by atoms with van der Waals surface area (Å²) in [7, 11) is -3.14. The van der Waals surface area contributed by atoms with Crippen LogP contribution < -0.4 is 9.62 Å². The number of anilines is 1. The van der Waals surface area contributed by atoms with Gasteiger partial charge in [-0.05, 0) is 42.5 Å². The van der Waals surface area contributed by atoms with Crippen molar-refractivity contribution in [2.75, 3.05) is 23.1 Å². The number of rotatable bonds is 6. The predicted molar refractivity (Wildman–Crippen MR) is 93.7 cm³/mol. The van der Waals surface area contributed by atoms with E-state index in [9.17, 15) is 13.2 Å². The van der Waals surface area contributed by atoms with E-state index in [0.29, 0.717) is 31.1 Å². The van der Waals surface area contributed by atoms with Crippen LogP contribution in [-0.2, 0) is 14.8 Å². The highest BCUT2D eigenvalue weighted by Gasteiger charge is 2.28. The summed E-state index contributed by atoms with van der Waals surface area (Å²) in [6, 6.07) is 7.20. The molecule has 2 rings (SSSR count). The van der Waals surface area contributed by atoms with Crippen LogP contribution in [0.2, 0.25) is 0 Å². The summed E-state index contributed by atoms with van der Waals surface area (Å²) in [5.41, 5.74) is 1.55. The van der Waals surface area contributed by atoms with E-state index in [-0.39, 0.29) is 11.7 Å². The Labute approximate surface area is 138 Å². The molecule has 1 aromatic rings. The number of amides is 1. The lowest BCUT2D eigenvalue weighted by atomic mass is 10.1. The highest BCUT2D eigenvalue weighted by atomic mass is 32.2. The molecule has 1 aliphatic rings. The van der Waals surface area contributed by atoms with Gasteiger partial charge in [-0.1, -0.05) is 26.0 Å². The number of hydrogen-bond acceptors (Lipinski definition) is 3. The molecule has 1 fully saturated rings. The van der Waals surface area contributed by atoms with Gasteiger partial charge in [0.1, 0.15) is 0 Å². The van der Waals surface area contributed by atoms with E-state index < -0.39 is 10.0 Å². The van der Waals surface area contributed by atoms with Gasteiger partial charge in [-0.2, -0.15) is 0 Å². The van der Waals surface area contributed by atoms with Crippen LogP contribution in [0.1, 0.15) is 32.3 Å². The molecule has 0 spiro atoms. The van der Waals surface area contributed by atoms with E-state index in [1.54, 1.807) is 18.2 Å². The third-order valence-corrected chi connectivity index (χ3v) is 5.60. The lowest BCUT2D eigenvalue weighted by Crippen LogP contribution is -2.24. The Morgan fingerprint density at radius 1 is 1.30 bits per heavy atom. The number of carbonyl (C=O) groups excluding carboxylic acids is 1. The number of nitrogens with zero attached hydrogens (tertiary/aromatic N) is 1. The molecule has 0 unspecified atom stereocenters. The fourth-order valence-corrected chi connectivity index (χ4v) is 3.96.